The van der Waals surface area contributed by atoms with Crippen LogP contribution in [-0.4, -0.2) is 75.3 Å². The number of hydrogen-bond acceptors (Lipinski definition) is 7. The molecule has 8 N–H and O–H groups in total. The zero-order valence-electron chi connectivity index (χ0n) is 18.4. The fourth-order valence-corrected chi connectivity index (χ4v) is 2.52. The van der Waals surface area contributed by atoms with E-state index in [4.69, 9.17) is 10.8 Å². The number of aliphatic carboxylic acids is 2. The molecule has 0 aromatic heterocycles. The van der Waals surface area contributed by atoms with Crippen LogP contribution >= 0.6 is 0 Å². The van der Waals surface area contributed by atoms with E-state index in [1.54, 1.807) is 27.7 Å². The van der Waals surface area contributed by atoms with Crippen molar-refractivity contribution in [2.75, 3.05) is 0 Å². The molecule has 0 aliphatic rings. The highest BCUT2D eigenvalue weighted by Gasteiger charge is 2.33. The van der Waals surface area contributed by atoms with E-state index < -0.39 is 72.3 Å². The second kappa shape index (κ2) is 12.8. The van der Waals surface area contributed by atoms with Crippen molar-refractivity contribution in [3.8, 4) is 0 Å². The van der Waals surface area contributed by atoms with Gasteiger partial charge < -0.3 is 37.0 Å². The zero-order valence-corrected chi connectivity index (χ0v) is 18.4. The van der Waals surface area contributed by atoms with Crippen LogP contribution in [0, 0.1) is 11.8 Å². The lowest BCUT2D eigenvalue weighted by atomic mass is 10.0. The molecule has 0 rings (SSSR count). The van der Waals surface area contributed by atoms with Gasteiger partial charge in [-0.3, -0.25) is 19.2 Å². The van der Waals surface area contributed by atoms with Gasteiger partial charge in [-0.1, -0.05) is 27.7 Å². The predicted octanol–water partition coefficient (Wildman–Crippen LogP) is -1.59. The van der Waals surface area contributed by atoms with Gasteiger partial charge in [-0.2, -0.15) is 0 Å². The van der Waals surface area contributed by atoms with Crippen LogP contribution in [0.25, 0.3) is 0 Å². The fraction of sp³-hybridized carbons (Fsp3) is 0.737. The molecule has 5 atom stereocenters. The number of hydrogen-bond donors (Lipinski definition) is 7. The summed E-state index contributed by atoms with van der Waals surface area (Å²) in [6.45, 7) is 7.78. The number of rotatable bonds is 13. The first-order valence-electron chi connectivity index (χ1n) is 9.98. The number of nitrogens with two attached hydrogens (primary N) is 1. The van der Waals surface area contributed by atoms with Gasteiger partial charge in [0.2, 0.25) is 17.7 Å². The molecule has 5 unspecified atom stereocenters. The van der Waals surface area contributed by atoms with Crippen molar-refractivity contribution in [3.63, 3.8) is 0 Å². The van der Waals surface area contributed by atoms with Gasteiger partial charge >= 0.3 is 11.9 Å². The number of carboxylic acid groups (broad SMARTS) is 2. The monoisotopic (exact) mass is 446 g/mol. The summed E-state index contributed by atoms with van der Waals surface area (Å²) >= 11 is 0. The topological polar surface area (TPSA) is 208 Å². The van der Waals surface area contributed by atoms with E-state index in [2.05, 4.69) is 16.0 Å². The van der Waals surface area contributed by atoms with Crippen LogP contribution < -0.4 is 21.7 Å². The molecule has 0 radical (unpaired) electrons. The maximum atomic E-state index is 12.7. The molecule has 3 amide bonds. The highest BCUT2D eigenvalue weighted by molar-refractivity contribution is 5.94. The molecule has 0 spiro atoms. The molecular weight excluding hydrogens is 412 g/mol. The third kappa shape index (κ3) is 9.75. The molecule has 31 heavy (non-hydrogen) atoms. The number of aliphatic hydroxyl groups is 1. The van der Waals surface area contributed by atoms with E-state index in [-0.39, 0.29) is 12.3 Å². The van der Waals surface area contributed by atoms with Gasteiger partial charge in [-0.05, 0) is 25.2 Å². The van der Waals surface area contributed by atoms with Crippen LogP contribution in [-0.2, 0) is 24.0 Å². The summed E-state index contributed by atoms with van der Waals surface area (Å²) in [6.07, 6.45) is -2.17. The maximum absolute atomic E-state index is 12.7. The molecule has 0 fully saturated rings. The summed E-state index contributed by atoms with van der Waals surface area (Å²) in [4.78, 5) is 59.7. The average molecular weight is 447 g/mol. The Morgan fingerprint density at radius 2 is 1.29 bits per heavy atom. The molecular formula is C19H34N4O8. The smallest absolute Gasteiger partial charge is 0.326 e. The number of carboxylic acids is 2. The standard InChI is InChI=1S/C19H34N4O8/c1-8(2)13(20)17(28)23-15(10(5)24)18(29)21-11(6-7-12(25)26)16(27)22-14(9(3)4)19(30)31/h8-11,13-15,24H,6-7,20H2,1-5H3,(H,21,29)(H,22,27)(H,23,28)(H,25,26)(H,30,31). The SMILES string of the molecule is CC(C)C(N)C(=O)NC(C(=O)NC(CCC(=O)O)C(=O)NC(C(=O)O)C(C)C)C(C)O. The molecule has 0 heterocycles. The summed E-state index contributed by atoms with van der Waals surface area (Å²) < 4.78 is 0. The number of carbonyl (C=O) groups is 5. The summed E-state index contributed by atoms with van der Waals surface area (Å²) in [5, 5.41) is 35.0. The van der Waals surface area contributed by atoms with E-state index in [9.17, 15) is 34.2 Å². The Bertz CT molecular complexity index is 665. The van der Waals surface area contributed by atoms with Gasteiger partial charge in [-0.25, -0.2) is 4.79 Å². The molecule has 0 aromatic rings. The fourth-order valence-electron chi connectivity index (χ4n) is 2.52. The average Bonchev–Trinajstić information content (AvgIpc) is 2.64. The van der Waals surface area contributed by atoms with Crippen molar-refractivity contribution < 1.29 is 39.3 Å². The van der Waals surface area contributed by atoms with E-state index in [1.807, 2.05) is 0 Å². The first-order chi connectivity index (χ1) is 14.2. The predicted molar refractivity (Wildman–Crippen MR) is 110 cm³/mol. The Hall–Kier alpha value is -2.73. The Morgan fingerprint density at radius 3 is 1.68 bits per heavy atom. The molecule has 178 valence electrons. The first kappa shape index (κ1) is 28.3. The van der Waals surface area contributed by atoms with Crippen LogP contribution in [0.3, 0.4) is 0 Å². The molecule has 0 aromatic carbocycles. The van der Waals surface area contributed by atoms with Crippen LogP contribution in [0.15, 0.2) is 0 Å². The minimum atomic E-state index is -1.46. The number of nitrogens with one attached hydrogen (secondary N) is 3. The number of aliphatic hydroxyl groups excluding tert-OH is 1. The molecule has 12 heteroatoms. The minimum absolute atomic E-state index is 0.240. The van der Waals surface area contributed by atoms with Crippen molar-refractivity contribution >= 4 is 29.7 Å². The highest BCUT2D eigenvalue weighted by atomic mass is 16.4. The van der Waals surface area contributed by atoms with Crippen LogP contribution in [0.1, 0.15) is 47.5 Å². The van der Waals surface area contributed by atoms with E-state index in [0.29, 0.717) is 0 Å². The van der Waals surface area contributed by atoms with Gasteiger partial charge in [-0.15, -0.1) is 0 Å². The zero-order chi connectivity index (χ0) is 24.5. The second-order valence-corrected chi connectivity index (χ2v) is 8.06. The van der Waals surface area contributed by atoms with Gasteiger partial charge in [0.25, 0.3) is 0 Å². The van der Waals surface area contributed by atoms with Gasteiger partial charge in [0, 0.05) is 6.42 Å². The lowest BCUT2D eigenvalue weighted by Crippen LogP contribution is -2.60. The van der Waals surface area contributed by atoms with Crippen molar-refractivity contribution in [1.82, 2.24) is 16.0 Å². The summed E-state index contributed by atoms with van der Waals surface area (Å²) in [5.41, 5.74) is 5.74. The molecule has 0 bridgehead atoms. The second-order valence-electron chi connectivity index (χ2n) is 8.06. The highest BCUT2D eigenvalue weighted by Crippen LogP contribution is 2.06. The Morgan fingerprint density at radius 1 is 0.774 bits per heavy atom. The number of carbonyl (C=O) groups excluding carboxylic acids is 3. The van der Waals surface area contributed by atoms with Crippen LogP contribution in [0.5, 0.6) is 0 Å². The Kier molecular flexibility index (Phi) is 11.7. The van der Waals surface area contributed by atoms with E-state index in [0.717, 1.165) is 0 Å². The third-order valence-corrected chi connectivity index (χ3v) is 4.59. The lowest BCUT2D eigenvalue weighted by Gasteiger charge is -2.27. The molecule has 0 aliphatic carbocycles. The maximum Gasteiger partial charge on any atom is 0.326 e. The Balaban J connectivity index is 5.51. The normalized spacial score (nSPS) is 16.0. The molecule has 0 aliphatic heterocycles. The molecule has 12 nitrogen and oxygen atoms in total. The summed E-state index contributed by atoms with van der Waals surface area (Å²) in [5.74, 6) is -5.76. The van der Waals surface area contributed by atoms with E-state index in [1.165, 1.54) is 6.92 Å². The van der Waals surface area contributed by atoms with E-state index >= 15 is 0 Å². The van der Waals surface area contributed by atoms with Gasteiger partial charge in [0.15, 0.2) is 0 Å². The largest absolute Gasteiger partial charge is 0.481 e. The first-order valence-corrected chi connectivity index (χ1v) is 9.98. The van der Waals surface area contributed by atoms with Crippen molar-refractivity contribution in [2.45, 2.75) is 77.7 Å². The van der Waals surface area contributed by atoms with Crippen LogP contribution in [0.2, 0.25) is 0 Å². The van der Waals surface area contributed by atoms with Crippen LogP contribution in [0.4, 0.5) is 0 Å². The number of amides is 3. The third-order valence-electron chi connectivity index (χ3n) is 4.59. The van der Waals surface area contributed by atoms with Gasteiger partial charge in [0.1, 0.15) is 18.1 Å². The molecule has 0 saturated heterocycles. The quantitative estimate of drug-likeness (QED) is 0.174. The molecule has 0 saturated carbocycles. The summed E-state index contributed by atoms with van der Waals surface area (Å²) in [7, 11) is 0. The summed E-state index contributed by atoms with van der Waals surface area (Å²) in [6, 6.07) is -5.06. The van der Waals surface area contributed by atoms with Crippen molar-refractivity contribution in [1.29, 1.82) is 0 Å². The van der Waals surface area contributed by atoms with Crippen molar-refractivity contribution in [2.24, 2.45) is 17.6 Å². The van der Waals surface area contributed by atoms with Gasteiger partial charge in [0.05, 0.1) is 12.1 Å². The Labute approximate surface area is 180 Å². The lowest BCUT2D eigenvalue weighted by molar-refractivity contribution is -0.144. The van der Waals surface area contributed by atoms with Crippen molar-refractivity contribution in [3.05, 3.63) is 0 Å². The minimum Gasteiger partial charge on any atom is -0.481 e.